The van der Waals surface area contributed by atoms with E-state index in [9.17, 15) is 14.0 Å². The van der Waals surface area contributed by atoms with E-state index in [-0.39, 0.29) is 12.0 Å². The molecule has 1 heterocycles. The van der Waals surface area contributed by atoms with Crippen molar-refractivity contribution in [1.29, 1.82) is 0 Å². The van der Waals surface area contributed by atoms with Crippen LogP contribution in [-0.4, -0.2) is 35.7 Å². The Kier molecular flexibility index (Phi) is 5.92. The van der Waals surface area contributed by atoms with Gasteiger partial charge in [-0.3, -0.25) is 19.7 Å². The number of esters is 1. The molecule has 1 N–H and O–H groups in total. The lowest BCUT2D eigenvalue weighted by atomic mass is 10.1. The Morgan fingerprint density at radius 3 is 2.34 bits per heavy atom. The van der Waals surface area contributed by atoms with Crippen molar-refractivity contribution in [2.75, 3.05) is 14.2 Å². The van der Waals surface area contributed by atoms with Gasteiger partial charge < -0.3 is 9.47 Å². The van der Waals surface area contributed by atoms with Crippen molar-refractivity contribution in [3.63, 3.8) is 0 Å². The van der Waals surface area contributed by atoms with Gasteiger partial charge in [-0.15, -0.1) is 0 Å². The molecule has 150 valence electrons. The third-order valence-corrected chi connectivity index (χ3v) is 4.33. The highest BCUT2D eigenvalue weighted by Gasteiger charge is 2.20. The number of carbonyl (C=O) groups excluding carboxylic acids is 1. The third kappa shape index (κ3) is 4.43. The van der Waals surface area contributed by atoms with Gasteiger partial charge in [-0.25, -0.2) is 9.07 Å². The molecule has 3 rings (SSSR count). The van der Waals surface area contributed by atoms with Gasteiger partial charge in [-0.05, 0) is 55.5 Å². The summed E-state index contributed by atoms with van der Waals surface area (Å²) in [6.07, 6.45) is -0.134. The van der Waals surface area contributed by atoms with Crippen LogP contribution in [0.3, 0.4) is 0 Å². The van der Waals surface area contributed by atoms with Gasteiger partial charge in [0.2, 0.25) is 0 Å². The van der Waals surface area contributed by atoms with E-state index in [1.165, 1.54) is 36.1 Å². The second-order valence-electron chi connectivity index (χ2n) is 6.23. The van der Waals surface area contributed by atoms with Crippen molar-refractivity contribution in [2.24, 2.45) is 4.99 Å². The van der Waals surface area contributed by atoms with Crippen LogP contribution in [0.1, 0.15) is 18.2 Å². The summed E-state index contributed by atoms with van der Waals surface area (Å²) in [5, 5.41) is 2.92. The maximum atomic E-state index is 13.2. The molecule has 0 radical (unpaired) electrons. The number of aliphatic imine (C=N–C) groups is 1. The highest BCUT2D eigenvalue weighted by atomic mass is 19.1. The number of H-pyrrole nitrogens is 1. The third-order valence-electron chi connectivity index (χ3n) is 4.33. The molecule has 1 aromatic heterocycles. The van der Waals surface area contributed by atoms with E-state index in [0.717, 1.165) is 0 Å². The molecule has 0 bridgehead atoms. The number of nitrogens with one attached hydrogen (secondary N) is 1. The smallest absolute Gasteiger partial charge is 0.311 e. The molecule has 8 heteroatoms. The monoisotopic (exact) mass is 397 g/mol. The molecule has 0 atom stereocenters. The first-order valence-corrected chi connectivity index (χ1v) is 8.79. The van der Waals surface area contributed by atoms with Crippen molar-refractivity contribution in [1.82, 2.24) is 9.78 Å². The van der Waals surface area contributed by atoms with Gasteiger partial charge in [-0.1, -0.05) is 0 Å². The highest BCUT2D eigenvalue weighted by molar-refractivity contribution is 6.01. The summed E-state index contributed by atoms with van der Waals surface area (Å²) in [6.45, 7) is 1.69. The minimum absolute atomic E-state index is 0.134. The predicted molar refractivity (Wildman–Crippen MR) is 107 cm³/mol. The largest absolute Gasteiger partial charge is 0.497 e. The van der Waals surface area contributed by atoms with Crippen LogP contribution in [0.2, 0.25) is 0 Å². The summed E-state index contributed by atoms with van der Waals surface area (Å²) in [4.78, 5) is 29.4. The van der Waals surface area contributed by atoms with E-state index in [4.69, 9.17) is 9.47 Å². The normalized spacial score (nSPS) is 11.4. The number of halogens is 1. The summed E-state index contributed by atoms with van der Waals surface area (Å²) in [5.74, 6) is -0.232. The number of ether oxygens (including phenoxy) is 2. The summed E-state index contributed by atoms with van der Waals surface area (Å²) in [6, 6.07) is 12.5. The van der Waals surface area contributed by atoms with Gasteiger partial charge in [0.15, 0.2) is 0 Å². The van der Waals surface area contributed by atoms with Crippen LogP contribution < -0.4 is 10.3 Å². The van der Waals surface area contributed by atoms with E-state index in [2.05, 4.69) is 10.1 Å². The van der Waals surface area contributed by atoms with Crippen LogP contribution >= 0.6 is 0 Å². The molecule has 0 saturated heterocycles. The van der Waals surface area contributed by atoms with Crippen molar-refractivity contribution < 1.29 is 18.7 Å². The van der Waals surface area contributed by atoms with E-state index in [1.807, 2.05) is 0 Å². The maximum Gasteiger partial charge on any atom is 0.311 e. The fourth-order valence-electron chi connectivity index (χ4n) is 2.88. The van der Waals surface area contributed by atoms with Gasteiger partial charge in [-0.2, -0.15) is 0 Å². The quantitative estimate of drug-likeness (QED) is 0.511. The number of aromatic nitrogens is 2. The minimum Gasteiger partial charge on any atom is -0.497 e. The lowest BCUT2D eigenvalue weighted by Gasteiger charge is -2.03. The molecule has 29 heavy (non-hydrogen) atoms. The van der Waals surface area contributed by atoms with E-state index >= 15 is 0 Å². The zero-order valence-corrected chi connectivity index (χ0v) is 16.2. The molecule has 3 aromatic rings. The Labute approximate surface area is 166 Å². The zero-order chi connectivity index (χ0) is 21.0. The molecular weight excluding hydrogens is 377 g/mol. The van der Waals surface area contributed by atoms with Crippen molar-refractivity contribution in [3.8, 4) is 11.4 Å². The number of rotatable bonds is 6. The first kappa shape index (κ1) is 20.1. The molecule has 0 aliphatic rings. The Hall–Kier alpha value is -3.68. The fourth-order valence-corrected chi connectivity index (χ4v) is 2.88. The van der Waals surface area contributed by atoms with Crippen molar-refractivity contribution in [3.05, 3.63) is 76.0 Å². The van der Waals surface area contributed by atoms with Crippen LogP contribution in [0.25, 0.3) is 5.69 Å². The first-order chi connectivity index (χ1) is 13.9. The van der Waals surface area contributed by atoms with Crippen LogP contribution in [0.15, 0.2) is 58.3 Å². The van der Waals surface area contributed by atoms with Crippen LogP contribution in [0.5, 0.6) is 5.75 Å². The maximum absolute atomic E-state index is 13.2. The number of methoxy groups -OCH3 is 2. The van der Waals surface area contributed by atoms with Crippen LogP contribution in [0.4, 0.5) is 10.1 Å². The Morgan fingerprint density at radius 2 is 1.76 bits per heavy atom. The number of benzene rings is 2. The molecule has 2 aromatic carbocycles. The average molecular weight is 397 g/mol. The molecule has 0 aliphatic heterocycles. The lowest BCUT2D eigenvalue weighted by Crippen LogP contribution is -2.20. The second-order valence-corrected chi connectivity index (χ2v) is 6.23. The average Bonchev–Trinajstić information content (AvgIpc) is 3.04. The van der Waals surface area contributed by atoms with E-state index < -0.39 is 17.3 Å². The molecule has 0 aliphatic carbocycles. The van der Waals surface area contributed by atoms with Gasteiger partial charge in [0.25, 0.3) is 5.56 Å². The Balaban J connectivity index is 2.09. The van der Waals surface area contributed by atoms with Gasteiger partial charge >= 0.3 is 5.97 Å². The lowest BCUT2D eigenvalue weighted by molar-refractivity contribution is -0.139. The number of hydrogen-bond acceptors (Lipinski definition) is 5. The molecule has 0 unspecified atom stereocenters. The van der Waals surface area contributed by atoms with Crippen LogP contribution in [-0.2, 0) is 16.0 Å². The van der Waals surface area contributed by atoms with E-state index in [0.29, 0.717) is 28.5 Å². The molecule has 0 saturated carbocycles. The van der Waals surface area contributed by atoms with Crippen LogP contribution in [0, 0.1) is 5.82 Å². The number of hydrogen-bond donors (Lipinski definition) is 1. The molecule has 0 fully saturated rings. The first-order valence-electron chi connectivity index (χ1n) is 8.79. The molecule has 0 amide bonds. The van der Waals surface area contributed by atoms with E-state index in [1.54, 1.807) is 38.3 Å². The topological polar surface area (TPSA) is 85.7 Å². The molecule has 0 spiro atoms. The second kappa shape index (κ2) is 8.55. The number of nitrogens with zero attached hydrogens (tertiary/aromatic N) is 2. The fraction of sp³-hybridized carbons (Fsp3) is 0.190. The Morgan fingerprint density at radius 1 is 1.10 bits per heavy atom. The summed E-state index contributed by atoms with van der Waals surface area (Å²) in [5.41, 5.74) is 1.71. The highest BCUT2D eigenvalue weighted by Crippen LogP contribution is 2.19. The summed E-state index contributed by atoms with van der Waals surface area (Å²) < 4.78 is 24.4. The number of carbonyl (C=O) groups is 1. The van der Waals surface area contributed by atoms with Gasteiger partial charge in [0.05, 0.1) is 49.0 Å². The van der Waals surface area contributed by atoms with Crippen molar-refractivity contribution >= 4 is 17.4 Å². The van der Waals surface area contributed by atoms with Crippen molar-refractivity contribution in [2.45, 2.75) is 13.3 Å². The zero-order valence-electron chi connectivity index (χ0n) is 16.2. The van der Waals surface area contributed by atoms with Gasteiger partial charge in [0.1, 0.15) is 11.6 Å². The summed E-state index contributed by atoms with van der Waals surface area (Å²) >= 11 is 0. The Bertz CT molecular complexity index is 1100. The minimum atomic E-state index is -0.504. The standard InChI is InChI=1S/C21H20FN3O4/c1-13(23-15-6-10-17(28-2)11-7-15)20-18(12-19(26)29-3)24-25(21(20)27)16-8-4-14(22)5-9-16/h4-11,24H,12H2,1-3H3. The molecular formula is C21H20FN3O4. The summed E-state index contributed by atoms with van der Waals surface area (Å²) in [7, 11) is 2.84. The van der Waals surface area contributed by atoms with Gasteiger partial charge in [0, 0.05) is 0 Å². The SMILES string of the molecule is COC(=O)Cc1[nH]n(-c2ccc(F)cc2)c(=O)c1C(C)=Nc1ccc(OC)cc1. The number of aromatic amines is 1. The predicted octanol–water partition coefficient (Wildman–Crippen LogP) is 3.17. The molecule has 7 nitrogen and oxygen atoms in total.